The van der Waals surface area contributed by atoms with Crippen LogP contribution in [0.1, 0.15) is 5.56 Å². The van der Waals surface area contributed by atoms with Crippen LogP contribution in [0.5, 0.6) is 0 Å². The standard InChI is InChI=1S/C9H5N3O/c10-5-7-2-1-3-8(4-7)12-9(13)6-11/h1-4H,(H,12,13). The van der Waals surface area contributed by atoms with E-state index < -0.39 is 5.91 Å². The van der Waals surface area contributed by atoms with Gasteiger partial charge in [-0.05, 0) is 18.2 Å². The second-order valence-corrected chi connectivity index (χ2v) is 2.26. The van der Waals surface area contributed by atoms with Gasteiger partial charge in [-0.25, -0.2) is 0 Å². The van der Waals surface area contributed by atoms with Crippen LogP contribution in [-0.4, -0.2) is 5.91 Å². The summed E-state index contributed by atoms with van der Waals surface area (Å²) in [6.07, 6.45) is 0. The van der Waals surface area contributed by atoms with Crippen molar-refractivity contribution in [2.75, 3.05) is 5.32 Å². The Labute approximate surface area is 75.0 Å². The van der Waals surface area contributed by atoms with Crippen molar-refractivity contribution >= 4 is 11.6 Å². The van der Waals surface area contributed by atoms with E-state index in [0.29, 0.717) is 11.3 Å². The molecule has 0 fully saturated rings. The minimum absolute atomic E-state index is 0.440. The van der Waals surface area contributed by atoms with Crippen LogP contribution in [0.15, 0.2) is 24.3 Å². The molecule has 0 atom stereocenters. The zero-order valence-corrected chi connectivity index (χ0v) is 6.61. The molecule has 1 aromatic rings. The summed E-state index contributed by atoms with van der Waals surface area (Å²) in [5.74, 6) is -0.741. The molecule has 62 valence electrons. The van der Waals surface area contributed by atoms with E-state index in [2.05, 4.69) is 5.32 Å². The molecule has 0 aliphatic rings. The number of rotatable bonds is 1. The highest BCUT2D eigenvalue weighted by molar-refractivity contribution is 6.02. The normalized spacial score (nSPS) is 8.15. The predicted molar refractivity (Wildman–Crippen MR) is 45.4 cm³/mol. The highest BCUT2D eigenvalue weighted by Crippen LogP contribution is 2.08. The van der Waals surface area contributed by atoms with Gasteiger partial charge >= 0.3 is 5.91 Å². The third kappa shape index (κ3) is 2.32. The maximum Gasteiger partial charge on any atom is 0.326 e. The lowest BCUT2D eigenvalue weighted by Gasteiger charge is -1.98. The highest BCUT2D eigenvalue weighted by atomic mass is 16.1. The van der Waals surface area contributed by atoms with Crippen LogP contribution in [0, 0.1) is 22.7 Å². The van der Waals surface area contributed by atoms with E-state index in [-0.39, 0.29) is 0 Å². The average Bonchev–Trinajstić information content (AvgIpc) is 2.18. The number of hydrogen-bond acceptors (Lipinski definition) is 3. The molecular weight excluding hydrogens is 166 g/mol. The fraction of sp³-hybridized carbons (Fsp3) is 0. The monoisotopic (exact) mass is 171 g/mol. The number of nitrogens with one attached hydrogen (secondary N) is 1. The van der Waals surface area contributed by atoms with E-state index in [1.54, 1.807) is 18.2 Å². The van der Waals surface area contributed by atoms with Gasteiger partial charge in [-0.2, -0.15) is 10.5 Å². The molecule has 0 radical (unpaired) electrons. The molecule has 0 aliphatic heterocycles. The molecule has 13 heavy (non-hydrogen) atoms. The maximum absolute atomic E-state index is 10.6. The van der Waals surface area contributed by atoms with Crippen molar-refractivity contribution in [3.63, 3.8) is 0 Å². The lowest BCUT2D eigenvalue weighted by Crippen LogP contribution is -2.07. The molecule has 0 heterocycles. The minimum Gasteiger partial charge on any atom is -0.313 e. The van der Waals surface area contributed by atoms with Crippen molar-refractivity contribution in [2.24, 2.45) is 0 Å². The Kier molecular flexibility index (Phi) is 2.62. The van der Waals surface area contributed by atoms with Gasteiger partial charge in [0.2, 0.25) is 0 Å². The summed E-state index contributed by atoms with van der Waals surface area (Å²) in [6.45, 7) is 0. The third-order valence-electron chi connectivity index (χ3n) is 1.35. The first kappa shape index (κ1) is 8.76. The number of nitriles is 2. The van der Waals surface area contributed by atoms with Crippen LogP contribution in [0.25, 0.3) is 0 Å². The zero-order valence-electron chi connectivity index (χ0n) is 6.61. The van der Waals surface area contributed by atoms with Crippen LogP contribution < -0.4 is 5.32 Å². The van der Waals surface area contributed by atoms with Crippen molar-refractivity contribution in [3.05, 3.63) is 29.8 Å². The summed E-state index contributed by atoms with van der Waals surface area (Å²) in [5.41, 5.74) is 0.890. The van der Waals surface area contributed by atoms with Crippen LogP contribution in [0.2, 0.25) is 0 Å². The van der Waals surface area contributed by atoms with Crippen LogP contribution in [0.3, 0.4) is 0 Å². The topological polar surface area (TPSA) is 76.7 Å². The molecule has 1 amide bonds. The van der Waals surface area contributed by atoms with Gasteiger partial charge in [0, 0.05) is 5.69 Å². The Morgan fingerprint density at radius 1 is 1.38 bits per heavy atom. The van der Waals surface area contributed by atoms with E-state index in [0.717, 1.165) is 0 Å². The fourth-order valence-corrected chi connectivity index (χ4v) is 0.826. The lowest BCUT2D eigenvalue weighted by molar-refractivity contribution is -0.111. The van der Waals surface area contributed by atoms with Crippen molar-refractivity contribution in [3.8, 4) is 12.1 Å². The van der Waals surface area contributed by atoms with Gasteiger partial charge in [0.05, 0.1) is 11.6 Å². The average molecular weight is 171 g/mol. The highest BCUT2D eigenvalue weighted by Gasteiger charge is 1.99. The first-order valence-electron chi connectivity index (χ1n) is 3.47. The number of benzene rings is 1. The molecule has 1 rings (SSSR count). The summed E-state index contributed by atoms with van der Waals surface area (Å²) in [7, 11) is 0. The van der Waals surface area contributed by atoms with Crippen molar-refractivity contribution in [1.29, 1.82) is 10.5 Å². The quantitative estimate of drug-likeness (QED) is 0.641. The number of hydrogen-bond donors (Lipinski definition) is 1. The second-order valence-electron chi connectivity index (χ2n) is 2.26. The molecule has 0 saturated heterocycles. The minimum atomic E-state index is -0.741. The van der Waals surface area contributed by atoms with Gasteiger partial charge in [-0.3, -0.25) is 4.79 Å². The van der Waals surface area contributed by atoms with Crippen molar-refractivity contribution in [2.45, 2.75) is 0 Å². The van der Waals surface area contributed by atoms with Crippen molar-refractivity contribution < 1.29 is 4.79 Å². The molecule has 0 unspecified atom stereocenters. The number of amides is 1. The number of carbonyl (C=O) groups excluding carboxylic acids is 1. The molecule has 4 nitrogen and oxygen atoms in total. The van der Waals surface area contributed by atoms with E-state index >= 15 is 0 Å². The Bertz CT molecular complexity index is 412. The van der Waals surface area contributed by atoms with Gasteiger partial charge in [0.1, 0.15) is 0 Å². The van der Waals surface area contributed by atoms with Crippen LogP contribution in [0.4, 0.5) is 5.69 Å². The third-order valence-corrected chi connectivity index (χ3v) is 1.35. The molecular formula is C9H5N3O. The van der Waals surface area contributed by atoms with E-state index in [4.69, 9.17) is 10.5 Å². The summed E-state index contributed by atoms with van der Waals surface area (Å²) < 4.78 is 0. The van der Waals surface area contributed by atoms with Gasteiger partial charge < -0.3 is 5.32 Å². The number of anilines is 1. The summed E-state index contributed by atoms with van der Waals surface area (Å²) in [6, 6.07) is 9.69. The summed E-state index contributed by atoms with van der Waals surface area (Å²) >= 11 is 0. The molecule has 1 aromatic carbocycles. The van der Waals surface area contributed by atoms with E-state index in [9.17, 15) is 4.79 Å². The predicted octanol–water partition coefficient (Wildman–Crippen LogP) is 1.02. The SMILES string of the molecule is N#CC(=O)Nc1cccc(C#N)c1. The molecule has 0 bridgehead atoms. The van der Waals surface area contributed by atoms with Gasteiger partial charge in [-0.1, -0.05) is 6.07 Å². The van der Waals surface area contributed by atoms with Gasteiger partial charge in [0.25, 0.3) is 0 Å². The number of nitrogens with zero attached hydrogens (tertiary/aromatic N) is 2. The molecule has 0 saturated carbocycles. The molecule has 0 aromatic heterocycles. The van der Waals surface area contributed by atoms with Gasteiger partial charge in [0.15, 0.2) is 6.07 Å². The maximum atomic E-state index is 10.6. The van der Waals surface area contributed by atoms with Gasteiger partial charge in [-0.15, -0.1) is 0 Å². The van der Waals surface area contributed by atoms with Crippen LogP contribution in [-0.2, 0) is 4.79 Å². The van der Waals surface area contributed by atoms with E-state index in [1.807, 2.05) is 6.07 Å². The second kappa shape index (κ2) is 3.89. The lowest BCUT2D eigenvalue weighted by atomic mass is 10.2. The Morgan fingerprint density at radius 3 is 2.77 bits per heavy atom. The first-order valence-corrected chi connectivity index (χ1v) is 3.47. The Hall–Kier alpha value is -2.33. The zero-order chi connectivity index (χ0) is 9.68. The Morgan fingerprint density at radius 2 is 2.15 bits per heavy atom. The van der Waals surface area contributed by atoms with Crippen molar-refractivity contribution in [1.82, 2.24) is 0 Å². The first-order chi connectivity index (χ1) is 6.26. The molecule has 1 N–H and O–H groups in total. The summed E-state index contributed by atoms with van der Waals surface area (Å²) in [4.78, 5) is 10.6. The largest absolute Gasteiger partial charge is 0.326 e. The number of carbonyl (C=O) groups is 1. The molecule has 0 spiro atoms. The Balaban J connectivity index is 2.87. The smallest absolute Gasteiger partial charge is 0.313 e. The fourth-order valence-electron chi connectivity index (χ4n) is 0.826. The van der Waals surface area contributed by atoms with E-state index in [1.165, 1.54) is 12.1 Å². The summed E-state index contributed by atoms with van der Waals surface area (Å²) in [5, 5.41) is 19.0. The molecule has 0 aliphatic carbocycles. The van der Waals surface area contributed by atoms with Crippen LogP contribution >= 0.6 is 0 Å². The molecule has 4 heteroatoms.